The van der Waals surface area contributed by atoms with Gasteiger partial charge in [0.25, 0.3) is 0 Å². The van der Waals surface area contributed by atoms with Gasteiger partial charge in [-0.1, -0.05) is 18.5 Å². The number of aryl methyl sites for hydroxylation is 1. The Labute approximate surface area is 234 Å². The number of ether oxygens (including phenoxy) is 1. The van der Waals surface area contributed by atoms with Crippen LogP contribution in [0.3, 0.4) is 0 Å². The summed E-state index contributed by atoms with van der Waals surface area (Å²) in [5, 5.41) is 6.93. The van der Waals surface area contributed by atoms with Gasteiger partial charge in [-0.3, -0.25) is 4.79 Å². The predicted octanol–water partition coefficient (Wildman–Crippen LogP) is 5.27. The quantitative estimate of drug-likeness (QED) is 0.261. The third kappa shape index (κ3) is 6.40. The molecule has 0 unspecified atom stereocenters. The van der Waals surface area contributed by atoms with Gasteiger partial charge < -0.3 is 29.7 Å². The summed E-state index contributed by atoms with van der Waals surface area (Å²) in [4.78, 5) is 30.6. The Morgan fingerprint density at radius 1 is 1.05 bits per heavy atom. The molecule has 2 aromatic carbocycles. The number of carbonyl (C=O) groups excluding carboxylic acids is 1. The lowest BCUT2D eigenvalue weighted by Gasteiger charge is -2.26. The summed E-state index contributed by atoms with van der Waals surface area (Å²) < 4.78 is 7.82. The second-order valence-electron chi connectivity index (χ2n) is 9.40. The molecule has 4 aromatic rings. The highest BCUT2D eigenvalue weighted by Crippen LogP contribution is 2.38. The Morgan fingerprint density at radius 2 is 1.85 bits per heavy atom. The molecule has 2 heterocycles. The van der Waals surface area contributed by atoms with E-state index in [0.717, 1.165) is 42.2 Å². The summed E-state index contributed by atoms with van der Waals surface area (Å²) in [7, 11) is 7.66. The topological polar surface area (TPSA) is 100 Å². The van der Waals surface area contributed by atoms with Crippen LogP contribution in [0.25, 0.3) is 22.6 Å². The van der Waals surface area contributed by atoms with Crippen molar-refractivity contribution in [2.45, 2.75) is 26.8 Å². The van der Waals surface area contributed by atoms with E-state index in [1.807, 2.05) is 64.5 Å². The smallest absolute Gasteiger partial charge is 0.227 e. The molecular formula is C28H35ClN8O2. The first kappa shape index (κ1) is 28.1. The molecule has 0 spiro atoms. The Balaban J connectivity index is 1.71. The molecule has 0 radical (unpaired) electrons. The molecule has 10 nitrogen and oxygen atoms in total. The van der Waals surface area contributed by atoms with E-state index in [1.165, 1.54) is 0 Å². The van der Waals surface area contributed by atoms with Gasteiger partial charge in [0.15, 0.2) is 5.82 Å². The van der Waals surface area contributed by atoms with Crippen LogP contribution in [0.15, 0.2) is 42.6 Å². The van der Waals surface area contributed by atoms with Crippen molar-refractivity contribution in [2.75, 3.05) is 56.9 Å². The molecule has 1 amide bonds. The number of likely N-dealkylation sites (N-methyl/N-ethyl adjacent to an activating group) is 2. The van der Waals surface area contributed by atoms with Crippen LogP contribution in [0.2, 0.25) is 5.02 Å². The molecule has 0 aliphatic heterocycles. The van der Waals surface area contributed by atoms with E-state index in [1.54, 1.807) is 13.3 Å². The van der Waals surface area contributed by atoms with Crippen LogP contribution in [0, 0.1) is 0 Å². The molecule has 2 aromatic heterocycles. The zero-order valence-electron chi connectivity index (χ0n) is 23.2. The van der Waals surface area contributed by atoms with Crippen molar-refractivity contribution in [1.29, 1.82) is 0 Å². The summed E-state index contributed by atoms with van der Waals surface area (Å²) in [5.41, 5.74) is 4.61. The van der Waals surface area contributed by atoms with Crippen LogP contribution in [0.4, 0.5) is 23.0 Å². The maximum absolute atomic E-state index is 12.4. The van der Waals surface area contributed by atoms with Crippen molar-refractivity contribution in [3.05, 3.63) is 47.6 Å². The summed E-state index contributed by atoms with van der Waals surface area (Å²) >= 11 is 6.20. The molecule has 0 atom stereocenters. The molecule has 0 saturated heterocycles. The van der Waals surface area contributed by atoms with Crippen molar-refractivity contribution in [1.82, 2.24) is 24.4 Å². The van der Waals surface area contributed by atoms with Gasteiger partial charge in [-0.05, 0) is 51.4 Å². The average Bonchev–Trinajstić information content (AvgIpc) is 3.29. The maximum Gasteiger partial charge on any atom is 0.227 e. The van der Waals surface area contributed by atoms with E-state index in [4.69, 9.17) is 26.3 Å². The first-order valence-electron chi connectivity index (χ1n) is 12.9. The number of anilines is 4. The highest BCUT2D eigenvalue weighted by atomic mass is 35.5. The van der Waals surface area contributed by atoms with Gasteiger partial charge in [0.1, 0.15) is 11.4 Å². The van der Waals surface area contributed by atoms with Crippen molar-refractivity contribution in [3.63, 3.8) is 0 Å². The zero-order chi connectivity index (χ0) is 28.1. The lowest BCUT2D eigenvalue weighted by molar-refractivity contribution is -0.115. The molecule has 0 fully saturated rings. The van der Waals surface area contributed by atoms with E-state index in [2.05, 4.69) is 36.9 Å². The number of imidazole rings is 1. The predicted molar refractivity (Wildman–Crippen MR) is 158 cm³/mol. The van der Waals surface area contributed by atoms with Gasteiger partial charge in [-0.25, -0.2) is 15.0 Å². The second kappa shape index (κ2) is 12.3. The minimum Gasteiger partial charge on any atom is -0.494 e. The fourth-order valence-corrected chi connectivity index (χ4v) is 4.41. The van der Waals surface area contributed by atoms with Gasteiger partial charge in [-0.15, -0.1) is 0 Å². The summed E-state index contributed by atoms with van der Waals surface area (Å²) in [5.74, 6) is 1.62. The minimum absolute atomic E-state index is 0.0785. The number of fused-ring (bicyclic) bond motifs is 1. The molecule has 11 heteroatoms. The van der Waals surface area contributed by atoms with Crippen LogP contribution < -0.4 is 20.3 Å². The van der Waals surface area contributed by atoms with Crippen molar-refractivity contribution in [3.8, 4) is 17.3 Å². The number of hydrogen-bond donors (Lipinski definition) is 2. The van der Waals surface area contributed by atoms with Crippen LogP contribution in [0.5, 0.6) is 5.75 Å². The van der Waals surface area contributed by atoms with Crippen molar-refractivity contribution in [2.24, 2.45) is 0 Å². The van der Waals surface area contributed by atoms with E-state index >= 15 is 0 Å². The number of carbonyl (C=O) groups is 1. The Bertz CT molecular complexity index is 1470. The molecule has 0 bridgehead atoms. The molecule has 39 heavy (non-hydrogen) atoms. The summed E-state index contributed by atoms with van der Waals surface area (Å²) in [6.45, 7) is 6.23. The third-order valence-electron chi connectivity index (χ3n) is 6.36. The fraction of sp³-hybridized carbons (Fsp3) is 0.357. The number of hydrogen-bond acceptors (Lipinski definition) is 8. The minimum atomic E-state index is -0.0785. The van der Waals surface area contributed by atoms with Crippen LogP contribution in [0.1, 0.15) is 20.3 Å². The third-order valence-corrected chi connectivity index (χ3v) is 6.60. The molecule has 4 rings (SSSR count). The highest BCUT2D eigenvalue weighted by Gasteiger charge is 2.18. The zero-order valence-corrected chi connectivity index (χ0v) is 24.0. The molecule has 0 aliphatic carbocycles. The fourth-order valence-electron chi connectivity index (χ4n) is 4.24. The van der Waals surface area contributed by atoms with Gasteiger partial charge in [-0.2, -0.15) is 0 Å². The average molecular weight is 551 g/mol. The summed E-state index contributed by atoms with van der Waals surface area (Å²) in [6, 6.07) is 11.3. The number of amides is 1. The number of halogens is 1. The molecule has 0 aliphatic rings. The molecular weight excluding hydrogens is 516 g/mol. The van der Waals surface area contributed by atoms with Crippen LogP contribution in [-0.4, -0.2) is 71.7 Å². The van der Waals surface area contributed by atoms with Crippen LogP contribution >= 0.6 is 11.6 Å². The van der Waals surface area contributed by atoms with E-state index in [0.29, 0.717) is 40.2 Å². The Morgan fingerprint density at radius 3 is 2.54 bits per heavy atom. The van der Waals surface area contributed by atoms with Gasteiger partial charge in [0.05, 0.1) is 35.2 Å². The Kier molecular flexibility index (Phi) is 8.88. The molecule has 2 N–H and O–H groups in total. The monoisotopic (exact) mass is 550 g/mol. The maximum atomic E-state index is 12.4. The number of methoxy groups -OCH3 is 1. The number of aromatic nitrogens is 4. The first-order valence-corrected chi connectivity index (χ1v) is 13.3. The second-order valence-corrected chi connectivity index (χ2v) is 9.84. The SMILES string of the molecule is CCC(=O)Nc1cc(Nc2nccc(-c3nc4cc(Cl)ccc4n3CC)n2)c(OC)cc1N(C)CCN(C)C. The number of nitrogens with one attached hydrogen (secondary N) is 2. The number of benzene rings is 2. The van der Waals surface area contributed by atoms with Crippen molar-refractivity contribution < 1.29 is 9.53 Å². The molecule has 206 valence electrons. The van der Waals surface area contributed by atoms with E-state index < -0.39 is 0 Å². The summed E-state index contributed by atoms with van der Waals surface area (Å²) in [6.07, 6.45) is 2.05. The standard InChI is InChI=1S/C28H35ClN8O2/c1-7-26(38)31-21-16-22(25(39-6)17-24(21)36(5)14-13-35(3)4)34-28-30-12-11-19(33-28)27-32-20-15-18(29)9-10-23(20)37(27)8-2/h9-12,15-17H,7-8,13-14H2,1-6H3,(H,31,38)(H,30,33,34). The normalized spacial score (nSPS) is 11.2. The van der Waals surface area contributed by atoms with Gasteiger partial charge >= 0.3 is 0 Å². The Hall–Kier alpha value is -3.89. The lowest BCUT2D eigenvalue weighted by Crippen LogP contribution is -2.29. The first-order chi connectivity index (χ1) is 18.7. The lowest BCUT2D eigenvalue weighted by atomic mass is 10.2. The van der Waals surface area contributed by atoms with Crippen molar-refractivity contribution >= 4 is 51.6 Å². The number of nitrogens with zero attached hydrogens (tertiary/aromatic N) is 6. The van der Waals surface area contributed by atoms with E-state index in [-0.39, 0.29) is 5.91 Å². The van der Waals surface area contributed by atoms with Gasteiger partial charge in [0.2, 0.25) is 11.9 Å². The van der Waals surface area contributed by atoms with Crippen LogP contribution in [-0.2, 0) is 11.3 Å². The highest BCUT2D eigenvalue weighted by molar-refractivity contribution is 6.31. The number of rotatable bonds is 11. The van der Waals surface area contributed by atoms with E-state index in [9.17, 15) is 4.79 Å². The molecule has 0 saturated carbocycles. The van der Waals surface area contributed by atoms with Gasteiger partial charge in [0, 0.05) is 50.4 Å². The largest absolute Gasteiger partial charge is 0.494 e.